The Morgan fingerprint density at radius 2 is 1.64 bits per heavy atom. The Morgan fingerprint density at radius 3 is 2.36 bits per heavy atom. The average Bonchev–Trinajstić information content (AvgIpc) is 2.98. The molecule has 0 aliphatic rings. The van der Waals surface area contributed by atoms with Crippen molar-refractivity contribution in [2.75, 3.05) is 11.9 Å². The maximum atomic E-state index is 12.7. The van der Waals surface area contributed by atoms with E-state index in [2.05, 4.69) is 9.97 Å². The Balaban J connectivity index is 1.72. The molecule has 0 amide bonds. The van der Waals surface area contributed by atoms with Gasteiger partial charge in [-0.2, -0.15) is 18.2 Å². The third-order valence-corrected chi connectivity index (χ3v) is 4.09. The minimum Gasteiger partial charge on any atom is -0.329 e. The monoisotopic (exact) mass is 342 g/mol. The molecule has 4 rings (SSSR count). The summed E-state index contributed by atoms with van der Waals surface area (Å²) in [5.41, 5.74) is 1.73. The topological polar surface area (TPSA) is 33.4 Å². The Kier molecular flexibility index (Phi) is 3.38. The van der Waals surface area contributed by atoms with E-state index in [9.17, 15) is 13.2 Å². The maximum Gasteiger partial charge on any atom is 0.416 e. The molecule has 2 aromatic carbocycles. The summed E-state index contributed by atoms with van der Waals surface area (Å²) in [4.78, 5) is 10.7. The van der Waals surface area contributed by atoms with Crippen LogP contribution in [0.15, 0.2) is 60.8 Å². The molecular weight excluding hydrogens is 329 g/mol. The highest BCUT2D eigenvalue weighted by atomic mass is 19.4. The fraction of sp³-hybridized carbons (Fsp3) is 0.111. The summed E-state index contributed by atoms with van der Waals surface area (Å²) in [6.07, 6.45) is -2.49. The standard InChI is InChI=1S/C18H13F3N4/c1-24(13-8-6-12(7-9-13)18(19,20)21)16-10-11-25-15-5-3-2-4-14(15)22-17(25)23-16/h2-11H,1H3. The van der Waals surface area contributed by atoms with Crippen LogP contribution in [0.3, 0.4) is 0 Å². The van der Waals surface area contributed by atoms with E-state index in [1.165, 1.54) is 12.1 Å². The molecular formula is C18H13F3N4. The number of hydrogen-bond donors (Lipinski definition) is 0. The maximum absolute atomic E-state index is 12.7. The zero-order valence-corrected chi connectivity index (χ0v) is 13.2. The predicted octanol–water partition coefficient (Wildman–Crippen LogP) is 4.67. The minimum atomic E-state index is -4.34. The van der Waals surface area contributed by atoms with E-state index in [0.29, 0.717) is 17.3 Å². The zero-order valence-electron chi connectivity index (χ0n) is 13.2. The molecule has 126 valence electrons. The summed E-state index contributed by atoms with van der Waals surface area (Å²) in [5.74, 6) is 1.14. The third kappa shape index (κ3) is 2.67. The van der Waals surface area contributed by atoms with Crippen LogP contribution in [-0.4, -0.2) is 21.4 Å². The largest absolute Gasteiger partial charge is 0.416 e. The number of hydrogen-bond acceptors (Lipinski definition) is 3. The van der Waals surface area contributed by atoms with Gasteiger partial charge in [-0.1, -0.05) is 12.1 Å². The second-order valence-electron chi connectivity index (χ2n) is 5.66. The summed E-state index contributed by atoms with van der Waals surface area (Å²) in [5, 5.41) is 0. The molecule has 25 heavy (non-hydrogen) atoms. The second kappa shape index (κ2) is 5.47. The summed E-state index contributed by atoms with van der Waals surface area (Å²) >= 11 is 0. The number of halogens is 3. The molecule has 7 heteroatoms. The van der Waals surface area contributed by atoms with Gasteiger partial charge in [0.2, 0.25) is 5.78 Å². The lowest BCUT2D eigenvalue weighted by atomic mass is 10.2. The van der Waals surface area contributed by atoms with Crippen molar-refractivity contribution >= 4 is 28.3 Å². The first-order chi connectivity index (χ1) is 11.9. The predicted molar refractivity (Wildman–Crippen MR) is 90.0 cm³/mol. The molecule has 0 saturated carbocycles. The van der Waals surface area contributed by atoms with Crippen molar-refractivity contribution in [3.8, 4) is 0 Å². The summed E-state index contributed by atoms with van der Waals surface area (Å²) < 4.78 is 39.9. The van der Waals surface area contributed by atoms with E-state index < -0.39 is 11.7 Å². The Hall–Kier alpha value is -3.09. The first-order valence-corrected chi connectivity index (χ1v) is 7.58. The lowest BCUT2D eigenvalue weighted by molar-refractivity contribution is -0.137. The smallest absolute Gasteiger partial charge is 0.329 e. The molecule has 4 aromatic rings. The van der Waals surface area contributed by atoms with Gasteiger partial charge in [0.15, 0.2) is 0 Å². The highest BCUT2D eigenvalue weighted by molar-refractivity contribution is 5.79. The number of benzene rings is 2. The van der Waals surface area contributed by atoms with Crippen molar-refractivity contribution in [3.63, 3.8) is 0 Å². The molecule has 0 atom stereocenters. The van der Waals surface area contributed by atoms with Gasteiger partial charge in [-0.25, -0.2) is 4.98 Å². The highest BCUT2D eigenvalue weighted by Crippen LogP contribution is 2.31. The van der Waals surface area contributed by atoms with Crippen LogP contribution in [0.4, 0.5) is 24.7 Å². The number of aromatic nitrogens is 3. The van der Waals surface area contributed by atoms with Crippen molar-refractivity contribution in [3.05, 3.63) is 66.4 Å². The molecule has 0 saturated heterocycles. The second-order valence-corrected chi connectivity index (χ2v) is 5.66. The average molecular weight is 342 g/mol. The van der Waals surface area contributed by atoms with Gasteiger partial charge in [0.1, 0.15) is 5.82 Å². The lowest BCUT2D eigenvalue weighted by Crippen LogP contribution is -2.12. The molecule has 0 spiro atoms. The van der Waals surface area contributed by atoms with Gasteiger partial charge in [0.05, 0.1) is 16.6 Å². The quantitative estimate of drug-likeness (QED) is 0.531. The van der Waals surface area contributed by atoms with Gasteiger partial charge < -0.3 is 4.90 Å². The van der Waals surface area contributed by atoms with Gasteiger partial charge in [-0.15, -0.1) is 0 Å². The molecule has 4 nitrogen and oxygen atoms in total. The number of fused-ring (bicyclic) bond motifs is 3. The first-order valence-electron chi connectivity index (χ1n) is 7.58. The van der Waals surface area contributed by atoms with Crippen LogP contribution in [0.25, 0.3) is 16.8 Å². The molecule has 0 radical (unpaired) electrons. The molecule has 0 aliphatic carbocycles. The molecule has 0 unspecified atom stereocenters. The van der Waals surface area contributed by atoms with Crippen LogP contribution >= 0.6 is 0 Å². The van der Waals surface area contributed by atoms with Crippen molar-refractivity contribution < 1.29 is 13.2 Å². The molecule has 0 N–H and O–H groups in total. The number of alkyl halides is 3. The third-order valence-electron chi connectivity index (χ3n) is 4.09. The number of para-hydroxylation sites is 2. The van der Waals surface area contributed by atoms with Crippen molar-refractivity contribution in [2.24, 2.45) is 0 Å². The van der Waals surface area contributed by atoms with Crippen LogP contribution in [0.1, 0.15) is 5.56 Å². The molecule has 2 heterocycles. The van der Waals surface area contributed by atoms with Crippen LogP contribution in [-0.2, 0) is 6.18 Å². The summed E-state index contributed by atoms with van der Waals surface area (Å²) in [6.45, 7) is 0. The van der Waals surface area contributed by atoms with Gasteiger partial charge in [0.25, 0.3) is 0 Å². The number of anilines is 2. The Bertz CT molecular complexity index is 1050. The van der Waals surface area contributed by atoms with Crippen LogP contribution < -0.4 is 4.90 Å². The molecule has 0 bridgehead atoms. The molecule has 0 fully saturated rings. The number of rotatable bonds is 2. The summed E-state index contributed by atoms with van der Waals surface area (Å²) in [7, 11) is 1.75. The zero-order chi connectivity index (χ0) is 17.6. The van der Waals surface area contributed by atoms with Crippen LogP contribution in [0.5, 0.6) is 0 Å². The SMILES string of the molecule is CN(c1ccc(C(F)(F)F)cc1)c1ccn2c(n1)nc1ccccc12. The molecule has 0 aliphatic heterocycles. The van der Waals surface area contributed by atoms with E-state index in [4.69, 9.17) is 0 Å². The van der Waals surface area contributed by atoms with Crippen molar-refractivity contribution in [1.29, 1.82) is 0 Å². The van der Waals surface area contributed by atoms with Gasteiger partial charge >= 0.3 is 6.18 Å². The minimum absolute atomic E-state index is 0.539. The normalized spacial score (nSPS) is 12.0. The van der Waals surface area contributed by atoms with E-state index >= 15 is 0 Å². The summed E-state index contributed by atoms with van der Waals surface area (Å²) in [6, 6.07) is 14.5. The van der Waals surface area contributed by atoms with Gasteiger partial charge in [-0.05, 0) is 42.5 Å². The lowest BCUT2D eigenvalue weighted by Gasteiger charge is -2.19. The van der Waals surface area contributed by atoms with E-state index in [-0.39, 0.29) is 0 Å². The number of imidazole rings is 1. The van der Waals surface area contributed by atoms with E-state index in [1.54, 1.807) is 18.0 Å². The van der Waals surface area contributed by atoms with Gasteiger partial charge in [-0.3, -0.25) is 4.40 Å². The van der Waals surface area contributed by atoms with Crippen molar-refractivity contribution in [2.45, 2.75) is 6.18 Å². The first kappa shape index (κ1) is 15.4. The van der Waals surface area contributed by atoms with Crippen LogP contribution in [0, 0.1) is 0 Å². The van der Waals surface area contributed by atoms with Gasteiger partial charge in [0, 0.05) is 18.9 Å². The Morgan fingerprint density at radius 1 is 0.920 bits per heavy atom. The fourth-order valence-electron chi connectivity index (χ4n) is 2.73. The van der Waals surface area contributed by atoms with E-state index in [1.807, 2.05) is 34.9 Å². The molecule has 2 aromatic heterocycles. The Labute approximate surface area is 141 Å². The van der Waals surface area contributed by atoms with Crippen molar-refractivity contribution in [1.82, 2.24) is 14.4 Å². The fourth-order valence-corrected chi connectivity index (χ4v) is 2.73. The number of nitrogens with zero attached hydrogens (tertiary/aromatic N) is 4. The van der Waals surface area contributed by atoms with Crippen LogP contribution in [0.2, 0.25) is 0 Å². The highest BCUT2D eigenvalue weighted by Gasteiger charge is 2.30. The van der Waals surface area contributed by atoms with E-state index in [0.717, 1.165) is 23.2 Å².